The number of hydrogen-bond donors (Lipinski definition) is 2. The Morgan fingerprint density at radius 2 is 2.24 bits per heavy atom. The van der Waals surface area contributed by atoms with E-state index >= 15 is 0 Å². The summed E-state index contributed by atoms with van der Waals surface area (Å²) in [5.74, 6) is 0.683. The molecule has 7 heteroatoms. The first-order chi connectivity index (χ1) is 10.3. The average Bonchev–Trinajstić information content (AvgIpc) is 2.94. The number of nitrogens with one attached hydrogen (secondary N) is 2. The monoisotopic (exact) mass is 311 g/mol. The fourth-order valence-corrected chi connectivity index (χ4v) is 2.64. The Bertz CT molecular complexity index is 596. The number of unbranched alkanes of at least 4 members (excludes halogenated alkanes) is 1. The van der Waals surface area contributed by atoms with E-state index in [9.17, 15) is 4.79 Å². The quantitative estimate of drug-likeness (QED) is 0.651. The third-order valence-corrected chi connectivity index (χ3v) is 3.88. The highest BCUT2D eigenvalue weighted by Crippen LogP contribution is 2.13. The molecule has 0 aromatic carbocycles. The maximum absolute atomic E-state index is 11.8. The Balaban J connectivity index is 1.63. The number of aromatic amines is 1. The summed E-state index contributed by atoms with van der Waals surface area (Å²) in [5.41, 5.74) is 0.713. The minimum atomic E-state index is -0.0571. The van der Waals surface area contributed by atoms with Crippen molar-refractivity contribution in [3.05, 3.63) is 27.6 Å². The Labute approximate surface area is 127 Å². The molecule has 6 nitrogen and oxygen atoms in total. The van der Waals surface area contributed by atoms with Gasteiger partial charge in [0.05, 0.1) is 25.3 Å². The number of rotatable bonds is 10. The zero-order valence-corrected chi connectivity index (χ0v) is 13.0. The Hall–Kier alpha value is -1.28. The molecule has 2 aromatic rings. The second-order valence-corrected chi connectivity index (χ2v) is 5.55. The molecule has 116 valence electrons. The number of aromatic nitrogens is 2. The van der Waals surface area contributed by atoms with Gasteiger partial charge in [-0.25, -0.2) is 4.98 Å². The van der Waals surface area contributed by atoms with E-state index in [4.69, 9.17) is 9.47 Å². The smallest absolute Gasteiger partial charge is 0.268 e. The molecule has 0 spiro atoms. The fourth-order valence-electron chi connectivity index (χ4n) is 1.91. The molecule has 0 aliphatic heterocycles. The van der Waals surface area contributed by atoms with Gasteiger partial charge in [0, 0.05) is 13.7 Å². The molecule has 2 aromatic heterocycles. The Kier molecular flexibility index (Phi) is 6.81. The zero-order valence-electron chi connectivity index (χ0n) is 12.2. The molecule has 0 radical (unpaired) electrons. The van der Waals surface area contributed by atoms with Crippen LogP contribution in [0.15, 0.2) is 16.2 Å². The van der Waals surface area contributed by atoms with E-state index in [0.29, 0.717) is 30.3 Å². The fraction of sp³-hybridized carbons (Fsp3) is 0.571. The third-order valence-electron chi connectivity index (χ3n) is 2.98. The van der Waals surface area contributed by atoms with Crippen molar-refractivity contribution in [1.82, 2.24) is 15.3 Å². The minimum absolute atomic E-state index is 0.0571. The van der Waals surface area contributed by atoms with Gasteiger partial charge in [0.15, 0.2) is 0 Å². The lowest BCUT2D eigenvalue weighted by Gasteiger charge is -2.05. The van der Waals surface area contributed by atoms with E-state index in [1.807, 2.05) is 11.4 Å². The van der Waals surface area contributed by atoms with Crippen molar-refractivity contribution in [2.45, 2.75) is 19.4 Å². The van der Waals surface area contributed by atoms with E-state index in [1.165, 1.54) is 11.3 Å². The van der Waals surface area contributed by atoms with Crippen molar-refractivity contribution < 1.29 is 9.47 Å². The SMILES string of the molecule is COCCOCCCCNCc1nc2ccsc2c(=O)[nH]1. The molecule has 2 heterocycles. The zero-order chi connectivity index (χ0) is 14.9. The van der Waals surface area contributed by atoms with Gasteiger partial charge in [-0.3, -0.25) is 4.79 Å². The highest BCUT2D eigenvalue weighted by atomic mass is 32.1. The number of H-pyrrole nitrogens is 1. The number of hydrogen-bond acceptors (Lipinski definition) is 6. The average molecular weight is 311 g/mol. The Morgan fingerprint density at radius 3 is 3.10 bits per heavy atom. The molecular weight excluding hydrogens is 290 g/mol. The van der Waals surface area contributed by atoms with Crippen LogP contribution in [-0.4, -0.2) is 43.4 Å². The van der Waals surface area contributed by atoms with Crippen LogP contribution in [0.5, 0.6) is 0 Å². The first-order valence-electron chi connectivity index (χ1n) is 7.05. The van der Waals surface area contributed by atoms with Gasteiger partial charge in [-0.1, -0.05) is 0 Å². The summed E-state index contributed by atoms with van der Waals surface area (Å²) in [5, 5.41) is 5.16. The van der Waals surface area contributed by atoms with Crippen LogP contribution < -0.4 is 10.9 Å². The van der Waals surface area contributed by atoms with Crippen molar-refractivity contribution in [1.29, 1.82) is 0 Å². The van der Waals surface area contributed by atoms with Crippen LogP contribution >= 0.6 is 11.3 Å². The summed E-state index contributed by atoms with van der Waals surface area (Å²) < 4.78 is 11.0. The molecule has 0 bridgehead atoms. The molecule has 21 heavy (non-hydrogen) atoms. The van der Waals surface area contributed by atoms with Gasteiger partial charge < -0.3 is 19.8 Å². The number of thiophene rings is 1. The van der Waals surface area contributed by atoms with E-state index in [-0.39, 0.29) is 5.56 Å². The summed E-state index contributed by atoms with van der Waals surface area (Å²) >= 11 is 1.42. The summed E-state index contributed by atoms with van der Waals surface area (Å²) in [6, 6.07) is 1.87. The van der Waals surface area contributed by atoms with Crippen molar-refractivity contribution >= 4 is 21.6 Å². The summed E-state index contributed by atoms with van der Waals surface area (Å²) in [7, 11) is 1.67. The lowest BCUT2D eigenvalue weighted by Crippen LogP contribution is -2.20. The lowest BCUT2D eigenvalue weighted by atomic mass is 10.3. The van der Waals surface area contributed by atoms with Gasteiger partial charge in [0.1, 0.15) is 10.5 Å². The molecule has 2 N–H and O–H groups in total. The summed E-state index contributed by atoms with van der Waals surface area (Å²) in [6.45, 7) is 3.49. The van der Waals surface area contributed by atoms with Crippen LogP contribution in [0.3, 0.4) is 0 Å². The van der Waals surface area contributed by atoms with Crippen LogP contribution in [-0.2, 0) is 16.0 Å². The topological polar surface area (TPSA) is 76.2 Å². The molecule has 0 atom stereocenters. The van der Waals surface area contributed by atoms with E-state index in [2.05, 4.69) is 15.3 Å². The van der Waals surface area contributed by atoms with E-state index < -0.39 is 0 Å². The number of ether oxygens (including phenoxy) is 2. The molecule has 0 fully saturated rings. The van der Waals surface area contributed by atoms with Crippen molar-refractivity contribution in [2.24, 2.45) is 0 Å². The Morgan fingerprint density at radius 1 is 1.33 bits per heavy atom. The predicted molar refractivity (Wildman–Crippen MR) is 83.9 cm³/mol. The first-order valence-corrected chi connectivity index (χ1v) is 7.93. The molecule has 2 rings (SSSR count). The molecule has 0 saturated heterocycles. The van der Waals surface area contributed by atoms with Crippen LogP contribution in [0.25, 0.3) is 10.2 Å². The lowest BCUT2D eigenvalue weighted by molar-refractivity contribution is 0.0688. The predicted octanol–water partition coefficient (Wildman–Crippen LogP) is 1.52. The molecule has 0 saturated carbocycles. The van der Waals surface area contributed by atoms with Gasteiger partial charge in [-0.2, -0.15) is 0 Å². The standard InChI is InChI=1S/C14H21N3O3S/c1-19-7-8-20-6-3-2-5-15-10-12-16-11-4-9-21-13(11)14(18)17-12/h4,9,15H,2-3,5-8,10H2,1H3,(H,16,17,18). The number of fused-ring (bicyclic) bond motifs is 1. The third kappa shape index (κ3) is 5.20. The molecule has 0 amide bonds. The largest absolute Gasteiger partial charge is 0.382 e. The van der Waals surface area contributed by atoms with Crippen LogP contribution in [0, 0.1) is 0 Å². The first kappa shape index (κ1) is 16.1. The molecular formula is C14H21N3O3S. The summed E-state index contributed by atoms with van der Waals surface area (Å²) in [4.78, 5) is 19.0. The van der Waals surface area contributed by atoms with Gasteiger partial charge in [0.25, 0.3) is 5.56 Å². The van der Waals surface area contributed by atoms with Gasteiger partial charge in [-0.05, 0) is 30.8 Å². The maximum atomic E-state index is 11.8. The van der Waals surface area contributed by atoms with E-state index in [0.717, 1.165) is 31.5 Å². The normalized spacial score (nSPS) is 11.3. The molecule has 0 aliphatic carbocycles. The second-order valence-electron chi connectivity index (χ2n) is 4.64. The van der Waals surface area contributed by atoms with Crippen LogP contribution in [0.4, 0.5) is 0 Å². The van der Waals surface area contributed by atoms with E-state index in [1.54, 1.807) is 7.11 Å². The molecule has 0 unspecified atom stereocenters. The summed E-state index contributed by atoms with van der Waals surface area (Å²) in [6.07, 6.45) is 2.03. The maximum Gasteiger partial charge on any atom is 0.268 e. The van der Waals surface area contributed by atoms with Crippen molar-refractivity contribution in [3.8, 4) is 0 Å². The highest BCUT2D eigenvalue weighted by molar-refractivity contribution is 7.17. The minimum Gasteiger partial charge on any atom is -0.382 e. The van der Waals surface area contributed by atoms with Gasteiger partial charge >= 0.3 is 0 Å². The van der Waals surface area contributed by atoms with Gasteiger partial charge in [0.2, 0.25) is 0 Å². The number of nitrogens with zero attached hydrogens (tertiary/aromatic N) is 1. The van der Waals surface area contributed by atoms with Crippen LogP contribution in [0.2, 0.25) is 0 Å². The van der Waals surface area contributed by atoms with Crippen molar-refractivity contribution in [3.63, 3.8) is 0 Å². The van der Waals surface area contributed by atoms with Crippen molar-refractivity contribution in [2.75, 3.05) is 33.5 Å². The second kappa shape index (κ2) is 8.89. The number of methoxy groups -OCH3 is 1. The van der Waals surface area contributed by atoms with Crippen LogP contribution in [0.1, 0.15) is 18.7 Å². The molecule has 0 aliphatic rings. The van der Waals surface area contributed by atoms with Gasteiger partial charge in [-0.15, -0.1) is 11.3 Å². The highest BCUT2D eigenvalue weighted by Gasteiger charge is 2.04.